The zero-order chi connectivity index (χ0) is 17.9. The van der Waals surface area contributed by atoms with Crippen LogP contribution in [0.15, 0.2) is 60.8 Å². The minimum absolute atomic E-state index is 0.523. The molecule has 0 atom stereocenters. The summed E-state index contributed by atoms with van der Waals surface area (Å²) in [5.74, 6) is 4.60. The first-order valence-corrected chi connectivity index (χ1v) is 8.34. The van der Waals surface area contributed by atoms with E-state index < -0.39 is 0 Å². The lowest BCUT2D eigenvalue weighted by molar-refractivity contribution is 0.459. The number of aromatic nitrogens is 3. The number of rotatable bonds is 4. The van der Waals surface area contributed by atoms with Gasteiger partial charge in [0, 0.05) is 40.8 Å². The van der Waals surface area contributed by atoms with Crippen LogP contribution in [0.3, 0.4) is 0 Å². The molecule has 0 bridgehead atoms. The molecule has 0 aliphatic carbocycles. The fourth-order valence-corrected chi connectivity index (χ4v) is 2.92. The van der Waals surface area contributed by atoms with E-state index in [-0.39, 0.29) is 0 Å². The topological polar surface area (TPSA) is 50.8 Å². The average molecular weight is 339 g/mol. The molecule has 0 unspecified atom stereocenters. The molecule has 4 rings (SSSR count). The van der Waals surface area contributed by atoms with Crippen LogP contribution in [0.4, 0.5) is 0 Å². The van der Waals surface area contributed by atoms with Gasteiger partial charge in [0.1, 0.15) is 11.6 Å². The standard InChI is InChI=1S/C22H17N3O/c1-3-16-5-4-6-17(12-16)13-21-23-10-9-22(25-21)26-19-7-8-20-18(14-19)11-15(2)24-20/h1,4-12,14,24H,13H2,2H3. The van der Waals surface area contributed by atoms with Gasteiger partial charge in [-0.2, -0.15) is 4.98 Å². The number of terminal acetylenes is 1. The summed E-state index contributed by atoms with van der Waals surface area (Å²) in [7, 11) is 0. The molecule has 126 valence electrons. The maximum absolute atomic E-state index is 5.92. The second-order valence-electron chi connectivity index (χ2n) is 6.14. The van der Waals surface area contributed by atoms with Gasteiger partial charge in [0.15, 0.2) is 0 Å². The number of hydrogen-bond donors (Lipinski definition) is 1. The van der Waals surface area contributed by atoms with E-state index in [9.17, 15) is 0 Å². The lowest BCUT2D eigenvalue weighted by atomic mass is 10.1. The fourth-order valence-electron chi connectivity index (χ4n) is 2.92. The van der Waals surface area contributed by atoms with Gasteiger partial charge in [-0.25, -0.2) is 4.98 Å². The third-order valence-electron chi connectivity index (χ3n) is 4.09. The van der Waals surface area contributed by atoms with Crippen LogP contribution in [0.1, 0.15) is 22.6 Å². The van der Waals surface area contributed by atoms with Crippen LogP contribution in [0.2, 0.25) is 0 Å². The maximum atomic E-state index is 5.92. The van der Waals surface area contributed by atoms with Crippen LogP contribution in [0, 0.1) is 19.3 Å². The molecule has 26 heavy (non-hydrogen) atoms. The Morgan fingerprint density at radius 1 is 1.12 bits per heavy atom. The molecule has 2 aromatic heterocycles. The third kappa shape index (κ3) is 3.42. The molecular weight excluding hydrogens is 322 g/mol. The number of nitrogens with one attached hydrogen (secondary N) is 1. The predicted molar refractivity (Wildman–Crippen MR) is 102 cm³/mol. The van der Waals surface area contributed by atoms with Crippen LogP contribution in [0.25, 0.3) is 10.9 Å². The SMILES string of the molecule is C#Cc1cccc(Cc2nccc(Oc3ccc4[nH]c(C)cc4c3)n2)c1. The van der Waals surface area contributed by atoms with Gasteiger partial charge in [0.2, 0.25) is 5.88 Å². The molecule has 4 nitrogen and oxygen atoms in total. The minimum Gasteiger partial charge on any atom is -0.439 e. The van der Waals surface area contributed by atoms with Crippen molar-refractivity contribution < 1.29 is 4.74 Å². The molecule has 0 amide bonds. The number of H-pyrrole nitrogens is 1. The zero-order valence-corrected chi connectivity index (χ0v) is 14.4. The molecule has 0 aliphatic rings. The number of aryl methyl sites for hydroxylation is 1. The van der Waals surface area contributed by atoms with E-state index in [0.29, 0.717) is 18.1 Å². The zero-order valence-electron chi connectivity index (χ0n) is 14.4. The van der Waals surface area contributed by atoms with Gasteiger partial charge >= 0.3 is 0 Å². The Morgan fingerprint density at radius 3 is 2.92 bits per heavy atom. The van der Waals surface area contributed by atoms with Crippen molar-refractivity contribution in [2.75, 3.05) is 0 Å². The van der Waals surface area contributed by atoms with Crippen molar-refractivity contribution in [2.45, 2.75) is 13.3 Å². The molecule has 1 N–H and O–H groups in total. The van der Waals surface area contributed by atoms with Crippen LogP contribution in [-0.2, 0) is 6.42 Å². The van der Waals surface area contributed by atoms with Crippen molar-refractivity contribution in [3.05, 3.63) is 83.4 Å². The summed E-state index contributed by atoms with van der Waals surface area (Å²) >= 11 is 0. The highest BCUT2D eigenvalue weighted by Gasteiger charge is 2.06. The largest absolute Gasteiger partial charge is 0.439 e. The van der Waals surface area contributed by atoms with E-state index in [4.69, 9.17) is 11.2 Å². The lowest BCUT2D eigenvalue weighted by Gasteiger charge is -2.07. The van der Waals surface area contributed by atoms with Gasteiger partial charge in [-0.15, -0.1) is 6.42 Å². The van der Waals surface area contributed by atoms with Gasteiger partial charge in [-0.05, 0) is 48.9 Å². The van der Waals surface area contributed by atoms with Crippen LogP contribution >= 0.6 is 0 Å². The second-order valence-corrected chi connectivity index (χ2v) is 6.14. The minimum atomic E-state index is 0.523. The summed E-state index contributed by atoms with van der Waals surface area (Å²) in [6, 6.07) is 17.6. The quantitative estimate of drug-likeness (QED) is 0.552. The Kier molecular flexibility index (Phi) is 4.12. The summed E-state index contributed by atoms with van der Waals surface area (Å²) in [6.07, 6.45) is 7.77. The molecule has 0 saturated heterocycles. The Morgan fingerprint density at radius 2 is 2.04 bits per heavy atom. The summed E-state index contributed by atoms with van der Waals surface area (Å²) in [4.78, 5) is 12.1. The van der Waals surface area contributed by atoms with E-state index in [1.54, 1.807) is 12.3 Å². The first kappa shape index (κ1) is 15.9. The molecule has 0 saturated carbocycles. The van der Waals surface area contributed by atoms with Gasteiger partial charge in [0.25, 0.3) is 0 Å². The Balaban J connectivity index is 1.55. The molecule has 0 aliphatic heterocycles. The summed E-state index contributed by atoms with van der Waals surface area (Å²) in [6.45, 7) is 2.03. The lowest BCUT2D eigenvalue weighted by Crippen LogP contribution is -1.98. The molecule has 0 fully saturated rings. The second kappa shape index (κ2) is 6.73. The van der Waals surface area contributed by atoms with Crippen LogP contribution < -0.4 is 4.74 Å². The van der Waals surface area contributed by atoms with Crippen molar-refractivity contribution in [1.29, 1.82) is 0 Å². The molecule has 2 heterocycles. The third-order valence-corrected chi connectivity index (χ3v) is 4.09. The molecule has 4 aromatic rings. The highest BCUT2D eigenvalue weighted by atomic mass is 16.5. The molecular formula is C22H17N3O. The normalized spacial score (nSPS) is 10.6. The first-order valence-electron chi connectivity index (χ1n) is 8.34. The van der Waals surface area contributed by atoms with Crippen molar-refractivity contribution in [3.63, 3.8) is 0 Å². The van der Waals surface area contributed by atoms with Gasteiger partial charge < -0.3 is 9.72 Å². The van der Waals surface area contributed by atoms with Crippen molar-refractivity contribution >= 4 is 10.9 Å². The Hall–Kier alpha value is -3.58. The molecule has 4 heteroatoms. The fraction of sp³-hybridized carbons (Fsp3) is 0.0909. The van der Waals surface area contributed by atoms with Gasteiger partial charge in [-0.3, -0.25) is 0 Å². The summed E-state index contributed by atoms with van der Waals surface area (Å²) in [5.41, 5.74) is 4.13. The Labute approximate surface area is 151 Å². The highest BCUT2D eigenvalue weighted by Crippen LogP contribution is 2.25. The number of ether oxygens (including phenoxy) is 1. The molecule has 2 aromatic carbocycles. The number of aromatic amines is 1. The van der Waals surface area contributed by atoms with E-state index >= 15 is 0 Å². The van der Waals surface area contributed by atoms with E-state index in [1.807, 2.05) is 49.4 Å². The van der Waals surface area contributed by atoms with Gasteiger partial charge in [0.05, 0.1) is 0 Å². The van der Waals surface area contributed by atoms with Crippen molar-refractivity contribution in [2.24, 2.45) is 0 Å². The number of fused-ring (bicyclic) bond motifs is 1. The van der Waals surface area contributed by atoms with Gasteiger partial charge in [-0.1, -0.05) is 18.1 Å². The number of benzene rings is 2. The molecule has 0 spiro atoms. The monoisotopic (exact) mass is 339 g/mol. The number of hydrogen-bond acceptors (Lipinski definition) is 3. The van der Waals surface area contributed by atoms with Crippen molar-refractivity contribution in [3.8, 4) is 24.0 Å². The van der Waals surface area contributed by atoms with Crippen LogP contribution in [-0.4, -0.2) is 15.0 Å². The summed E-state index contributed by atoms with van der Waals surface area (Å²) in [5, 5.41) is 1.11. The number of nitrogens with zero attached hydrogens (tertiary/aromatic N) is 2. The smallest absolute Gasteiger partial charge is 0.222 e. The average Bonchev–Trinajstić information content (AvgIpc) is 3.01. The highest BCUT2D eigenvalue weighted by molar-refractivity contribution is 5.81. The van der Waals surface area contributed by atoms with E-state index in [0.717, 1.165) is 33.5 Å². The van der Waals surface area contributed by atoms with E-state index in [1.165, 1.54) is 0 Å². The maximum Gasteiger partial charge on any atom is 0.222 e. The van der Waals surface area contributed by atoms with Crippen molar-refractivity contribution in [1.82, 2.24) is 15.0 Å². The Bertz CT molecular complexity index is 1120. The first-order chi connectivity index (χ1) is 12.7. The predicted octanol–water partition coefficient (Wildman–Crippen LogP) is 4.63. The van der Waals surface area contributed by atoms with E-state index in [2.05, 4.69) is 26.9 Å². The van der Waals surface area contributed by atoms with Crippen LogP contribution in [0.5, 0.6) is 11.6 Å². The molecule has 0 radical (unpaired) electrons. The summed E-state index contributed by atoms with van der Waals surface area (Å²) < 4.78 is 5.92.